The number of aryl methyl sites for hydroxylation is 1. The van der Waals surface area contributed by atoms with E-state index < -0.39 is 0 Å². The lowest BCUT2D eigenvalue weighted by Crippen LogP contribution is -2.01. The molecule has 1 aromatic heterocycles. The van der Waals surface area contributed by atoms with Gasteiger partial charge in [0.25, 0.3) is 0 Å². The van der Waals surface area contributed by atoms with Crippen molar-refractivity contribution in [2.24, 2.45) is 4.99 Å². The highest BCUT2D eigenvalue weighted by atomic mass is 16.3. The van der Waals surface area contributed by atoms with Gasteiger partial charge in [-0.1, -0.05) is 37.3 Å². The minimum atomic E-state index is -0.170. The summed E-state index contributed by atoms with van der Waals surface area (Å²) in [4.78, 5) is 8.43. The number of aliphatic hydroxyl groups is 1. The molecule has 2 N–H and O–H groups in total. The van der Waals surface area contributed by atoms with Gasteiger partial charge < -0.3 is 10.2 Å². The number of aliphatic imine (C=N–C) groups is 1. The molecule has 21 heavy (non-hydrogen) atoms. The Morgan fingerprint density at radius 1 is 1.29 bits per heavy atom. The molecule has 2 aromatic rings. The maximum absolute atomic E-state index is 10.0. The number of aromatic nitrogens is 1. The molecule has 1 aromatic carbocycles. The van der Waals surface area contributed by atoms with E-state index >= 15 is 0 Å². The normalized spacial score (nSPS) is 12.7. The Hall–Kier alpha value is -2.20. The quantitative estimate of drug-likeness (QED) is 0.830. The molecule has 2 rings (SSSR count). The highest BCUT2D eigenvalue weighted by Gasteiger charge is 2.09. The molecule has 0 unspecified atom stereocenters. The van der Waals surface area contributed by atoms with Gasteiger partial charge in [0.05, 0.1) is 12.3 Å². The van der Waals surface area contributed by atoms with E-state index in [9.17, 15) is 10.2 Å². The molecule has 0 aliphatic carbocycles. The fourth-order valence-corrected chi connectivity index (χ4v) is 2.11. The predicted molar refractivity (Wildman–Crippen MR) is 83.9 cm³/mol. The Kier molecular flexibility index (Phi) is 5.06. The van der Waals surface area contributed by atoms with Crippen LogP contribution in [-0.4, -0.2) is 28.0 Å². The third-order valence-electron chi connectivity index (χ3n) is 3.50. The molecule has 0 aliphatic rings. The lowest BCUT2D eigenvalue weighted by Gasteiger charge is -2.09. The molecule has 4 nitrogen and oxygen atoms in total. The van der Waals surface area contributed by atoms with Crippen molar-refractivity contribution in [1.29, 1.82) is 0 Å². The van der Waals surface area contributed by atoms with Crippen molar-refractivity contribution in [3.05, 3.63) is 58.9 Å². The molecule has 0 amide bonds. The van der Waals surface area contributed by atoms with E-state index in [2.05, 4.69) is 29.0 Å². The second kappa shape index (κ2) is 6.99. The number of pyridine rings is 1. The average molecular weight is 284 g/mol. The third-order valence-corrected chi connectivity index (χ3v) is 3.50. The largest absolute Gasteiger partial charge is 0.505 e. The molecular formula is C17H20N2O2. The van der Waals surface area contributed by atoms with E-state index in [1.807, 2.05) is 18.2 Å². The molecule has 1 atom stereocenters. The van der Waals surface area contributed by atoms with Gasteiger partial charge >= 0.3 is 0 Å². The topological polar surface area (TPSA) is 65.7 Å². The summed E-state index contributed by atoms with van der Waals surface area (Å²) in [7, 11) is 0. The van der Waals surface area contributed by atoms with Crippen LogP contribution in [0.25, 0.3) is 0 Å². The predicted octanol–water partition coefficient (Wildman–Crippen LogP) is 2.81. The summed E-state index contributed by atoms with van der Waals surface area (Å²) < 4.78 is 0. The fourth-order valence-electron chi connectivity index (χ4n) is 2.11. The number of hydrogen-bond acceptors (Lipinski definition) is 4. The maximum Gasteiger partial charge on any atom is 0.145 e. The number of hydrogen-bond donors (Lipinski definition) is 2. The third kappa shape index (κ3) is 3.67. The molecule has 0 aliphatic heterocycles. The molecule has 0 radical (unpaired) electrons. The molecule has 0 fully saturated rings. The van der Waals surface area contributed by atoms with Crippen molar-refractivity contribution in [2.75, 3.05) is 6.54 Å². The summed E-state index contributed by atoms with van der Waals surface area (Å²) >= 11 is 0. The van der Waals surface area contributed by atoms with Crippen molar-refractivity contribution in [3.8, 4) is 5.75 Å². The van der Waals surface area contributed by atoms with Crippen LogP contribution in [0.5, 0.6) is 5.75 Å². The Labute approximate surface area is 124 Å². The zero-order valence-corrected chi connectivity index (χ0v) is 12.3. The van der Waals surface area contributed by atoms with Crippen LogP contribution in [0.3, 0.4) is 0 Å². The lowest BCUT2D eigenvalue weighted by atomic mass is 10.0. The first-order valence-electron chi connectivity index (χ1n) is 6.96. The van der Waals surface area contributed by atoms with Crippen LogP contribution in [0.4, 0.5) is 0 Å². The smallest absolute Gasteiger partial charge is 0.145 e. The zero-order chi connectivity index (χ0) is 15.2. The summed E-state index contributed by atoms with van der Waals surface area (Å²) in [5.74, 6) is 0.378. The Balaban J connectivity index is 2.13. The maximum atomic E-state index is 10.0. The van der Waals surface area contributed by atoms with Gasteiger partial charge in [-0.3, -0.25) is 9.98 Å². The molecule has 0 saturated heterocycles. The average Bonchev–Trinajstić information content (AvgIpc) is 2.52. The highest BCUT2D eigenvalue weighted by Crippen LogP contribution is 2.22. The monoisotopic (exact) mass is 284 g/mol. The minimum absolute atomic E-state index is 0.0812. The van der Waals surface area contributed by atoms with Gasteiger partial charge in [-0.15, -0.1) is 0 Å². The van der Waals surface area contributed by atoms with Gasteiger partial charge in [0.1, 0.15) is 5.75 Å². The Bertz CT molecular complexity index is 624. The first-order chi connectivity index (χ1) is 10.1. The SMILES string of the molecule is Cc1ncc(CO)c(C=NC[C@@H](C)c2ccccc2)c1O. The van der Waals surface area contributed by atoms with E-state index in [1.165, 1.54) is 5.56 Å². The molecule has 4 heteroatoms. The summed E-state index contributed by atoms with van der Waals surface area (Å²) in [6.45, 7) is 4.28. The van der Waals surface area contributed by atoms with Crippen molar-refractivity contribution in [3.63, 3.8) is 0 Å². The summed E-state index contributed by atoms with van der Waals surface area (Å²) in [6, 6.07) is 10.2. The molecular weight excluding hydrogens is 264 g/mol. The Morgan fingerprint density at radius 3 is 2.67 bits per heavy atom. The van der Waals surface area contributed by atoms with E-state index in [0.717, 1.165) is 0 Å². The van der Waals surface area contributed by atoms with Gasteiger partial charge in [0.15, 0.2) is 0 Å². The van der Waals surface area contributed by atoms with Crippen LogP contribution in [0.1, 0.15) is 35.2 Å². The van der Waals surface area contributed by atoms with Crippen LogP contribution < -0.4 is 0 Å². The first-order valence-corrected chi connectivity index (χ1v) is 6.96. The second-order valence-corrected chi connectivity index (χ2v) is 5.10. The first kappa shape index (κ1) is 15.2. The van der Waals surface area contributed by atoms with Crippen LogP contribution >= 0.6 is 0 Å². The highest BCUT2D eigenvalue weighted by molar-refractivity contribution is 5.85. The number of rotatable bonds is 5. The number of nitrogens with zero attached hydrogens (tertiary/aromatic N) is 2. The van der Waals surface area contributed by atoms with Gasteiger partial charge in [-0.2, -0.15) is 0 Å². The van der Waals surface area contributed by atoms with Crippen LogP contribution in [0.2, 0.25) is 0 Å². The lowest BCUT2D eigenvalue weighted by molar-refractivity contribution is 0.280. The van der Waals surface area contributed by atoms with E-state index in [1.54, 1.807) is 19.3 Å². The van der Waals surface area contributed by atoms with Gasteiger partial charge in [0, 0.05) is 36.0 Å². The van der Waals surface area contributed by atoms with Gasteiger partial charge in [0.2, 0.25) is 0 Å². The van der Waals surface area contributed by atoms with Crippen LogP contribution in [0, 0.1) is 6.92 Å². The van der Waals surface area contributed by atoms with E-state index in [0.29, 0.717) is 29.3 Å². The van der Waals surface area contributed by atoms with Crippen molar-refractivity contribution < 1.29 is 10.2 Å². The zero-order valence-electron chi connectivity index (χ0n) is 12.3. The van der Waals surface area contributed by atoms with Crippen molar-refractivity contribution in [2.45, 2.75) is 26.4 Å². The Morgan fingerprint density at radius 2 is 2.00 bits per heavy atom. The number of benzene rings is 1. The van der Waals surface area contributed by atoms with Crippen molar-refractivity contribution >= 4 is 6.21 Å². The molecule has 0 bridgehead atoms. The van der Waals surface area contributed by atoms with Gasteiger partial charge in [-0.25, -0.2) is 0 Å². The molecule has 110 valence electrons. The van der Waals surface area contributed by atoms with E-state index in [4.69, 9.17) is 0 Å². The number of aromatic hydroxyl groups is 1. The minimum Gasteiger partial charge on any atom is -0.505 e. The van der Waals surface area contributed by atoms with Crippen molar-refractivity contribution in [1.82, 2.24) is 4.98 Å². The summed E-state index contributed by atoms with van der Waals surface area (Å²) in [5, 5.41) is 19.3. The molecule has 0 spiro atoms. The molecule has 0 saturated carbocycles. The van der Waals surface area contributed by atoms with Gasteiger partial charge in [-0.05, 0) is 12.5 Å². The number of aliphatic hydroxyl groups excluding tert-OH is 1. The second-order valence-electron chi connectivity index (χ2n) is 5.10. The summed E-state index contributed by atoms with van der Waals surface area (Å²) in [5.41, 5.74) is 2.89. The standard InChI is InChI=1S/C17H20N2O2/c1-12(14-6-4-3-5-7-14)8-18-10-16-15(11-20)9-19-13(2)17(16)21/h3-7,9-10,12,20-21H,8,11H2,1-2H3/t12-/m1/s1. The van der Waals surface area contributed by atoms with Crippen LogP contribution in [0.15, 0.2) is 41.5 Å². The van der Waals surface area contributed by atoms with Crippen LogP contribution in [-0.2, 0) is 6.61 Å². The summed E-state index contributed by atoms with van der Waals surface area (Å²) in [6.07, 6.45) is 3.19. The molecule has 1 heterocycles. The van der Waals surface area contributed by atoms with E-state index in [-0.39, 0.29) is 12.4 Å². The fraction of sp³-hybridized carbons (Fsp3) is 0.294.